The van der Waals surface area contributed by atoms with Gasteiger partial charge in [-0.1, -0.05) is 19.8 Å². The van der Waals surface area contributed by atoms with Crippen LogP contribution in [0.4, 0.5) is 0 Å². The maximum atomic E-state index is 10.3. The molecule has 0 bridgehead atoms. The molecule has 0 aromatic heterocycles. The minimum Gasteiger partial charge on any atom is -0.391 e. The van der Waals surface area contributed by atoms with Crippen molar-refractivity contribution in [2.24, 2.45) is 5.92 Å². The van der Waals surface area contributed by atoms with Crippen LogP contribution in [0.3, 0.4) is 0 Å². The summed E-state index contributed by atoms with van der Waals surface area (Å²) >= 11 is 0. The Hall–Kier alpha value is -0.120. The van der Waals surface area contributed by atoms with Gasteiger partial charge in [0.25, 0.3) is 0 Å². The van der Waals surface area contributed by atoms with Crippen LogP contribution in [0, 0.1) is 5.92 Å². The van der Waals surface area contributed by atoms with Crippen molar-refractivity contribution in [2.75, 3.05) is 26.2 Å². The van der Waals surface area contributed by atoms with E-state index in [0.29, 0.717) is 6.04 Å². The molecule has 3 nitrogen and oxygen atoms in total. The average Bonchev–Trinajstić information content (AvgIpc) is 3.26. The lowest BCUT2D eigenvalue weighted by atomic mass is 9.80. The molecule has 3 aliphatic rings. The van der Waals surface area contributed by atoms with Crippen molar-refractivity contribution in [3.8, 4) is 0 Å². The molecule has 1 N–H and O–H groups in total. The van der Waals surface area contributed by atoms with E-state index in [1.54, 1.807) is 0 Å². The molecule has 2 saturated carbocycles. The van der Waals surface area contributed by atoms with Crippen LogP contribution >= 0.6 is 0 Å². The molecule has 1 aliphatic heterocycles. The highest BCUT2D eigenvalue weighted by Crippen LogP contribution is 2.33. The van der Waals surface area contributed by atoms with Gasteiger partial charge in [-0.2, -0.15) is 0 Å². The van der Waals surface area contributed by atoms with Crippen molar-refractivity contribution in [3.63, 3.8) is 0 Å². The lowest BCUT2D eigenvalue weighted by molar-refractivity contribution is -0.0192. The third kappa shape index (κ3) is 3.32. The van der Waals surface area contributed by atoms with Crippen molar-refractivity contribution in [1.29, 1.82) is 0 Å². The van der Waals surface area contributed by atoms with Gasteiger partial charge in [0.15, 0.2) is 0 Å². The first-order valence-corrected chi connectivity index (χ1v) is 8.44. The predicted molar refractivity (Wildman–Crippen MR) is 78.2 cm³/mol. The first-order chi connectivity index (χ1) is 9.28. The fraction of sp³-hybridized carbons (Fsp3) is 1.00. The van der Waals surface area contributed by atoms with Crippen LogP contribution in [0.15, 0.2) is 0 Å². The molecule has 1 heterocycles. The van der Waals surface area contributed by atoms with Gasteiger partial charge < -0.3 is 5.11 Å². The summed E-state index contributed by atoms with van der Waals surface area (Å²) in [4.78, 5) is 5.25. The molecule has 0 aromatic carbocycles. The minimum absolute atomic E-state index is 0.0689. The molecule has 110 valence electrons. The van der Waals surface area contributed by atoms with Gasteiger partial charge in [-0.25, -0.2) is 0 Å². The van der Waals surface area contributed by atoms with E-state index < -0.39 is 0 Å². The Morgan fingerprint density at radius 2 is 1.63 bits per heavy atom. The second kappa shape index (κ2) is 6.11. The van der Waals surface area contributed by atoms with Gasteiger partial charge in [0.2, 0.25) is 0 Å². The van der Waals surface area contributed by atoms with Gasteiger partial charge in [-0.15, -0.1) is 0 Å². The number of aliphatic hydroxyl groups excluding tert-OH is 1. The number of hydrogen-bond acceptors (Lipinski definition) is 3. The molecule has 0 aromatic rings. The van der Waals surface area contributed by atoms with Crippen molar-refractivity contribution >= 4 is 0 Å². The van der Waals surface area contributed by atoms with E-state index in [1.807, 2.05) is 0 Å². The summed E-state index contributed by atoms with van der Waals surface area (Å²) < 4.78 is 0. The number of piperazine rings is 1. The quantitative estimate of drug-likeness (QED) is 0.844. The molecular weight excluding hydrogens is 236 g/mol. The van der Waals surface area contributed by atoms with Gasteiger partial charge in [-0.3, -0.25) is 9.80 Å². The van der Waals surface area contributed by atoms with E-state index in [0.717, 1.165) is 18.4 Å². The number of nitrogens with zero attached hydrogens (tertiary/aromatic N) is 2. The van der Waals surface area contributed by atoms with Gasteiger partial charge >= 0.3 is 0 Å². The van der Waals surface area contributed by atoms with Crippen LogP contribution in [0.1, 0.15) is 51.9 Å². The second-order valence-corrected chi connectivity index (χ2v) is 6.91. The smallest absolute Gasteiger partial charge is 0.0695 e. The fourth-order valence-electron chi connectivity index (χ4n) is 4.15. The van der Waals surface area contributed by atoms with E-state index in [-0.39, 0.29) is 6.10 Å². The third-order valence-corrected chi connectivity index (χ3v) is 5.47. The number of hydrogen-bond donors (Lipinski definition) is 1. The van der Waals surface area contributed by atoms with Crippen LogP contribution in [0.5, 0.6) is 0 Å². The Balaban J connectivity index is 1.51. The Bertz CT molecular complexity index is 284. The monoisotopic (exact) mass is 266 g/mol. The molecule has 2 aliphatic carbocycles. The Kier molecular flexibility index (Phi) is 4.45. The summed E-state index contributed by atoms with van der Waals surface area (Å²) in [5, 5.41) is 10.3. The zero-order chi connectivity index (χ0) is 13.2. The SMILES string of the molecule is CCCC1CCC(O)C(N2CCN(C3CC3)CC2)C1. The molecule has 19 heavy (non-hydrogen) atoms. The fourth-order valence-corrected chi connectivity index (χ4v) is 4.15. The van der Waals surface area contributed by atoms with Crippen molar-refractivity contribution in [2.45, 2.75) is 70.1 Å². The van der Waals surface area contributed by atoms with Crippen LogP contribution in [-0.4, -0.2) is 59.3 Å². The Labute approximate surface area is 118 Å². The Morgan fingerprint density at radius 1 is 0.947 bits per heavy atom. The highest BCUT2D eigenvalue weighted by atomic mass is 16.3. The molecule has 0 amide bonds. The molecule has 0 spiro atoms. The van der Waals surface area contributed by atoms with Gasteiger partial charge in [0.05, 0.1) is 6.10 Å². The summed E-state index contributed by atoms with van der Waals surface area (Å²) in [6.45, 7) is 7.10. The van der Waals surface area contributed by atoms with Crippen molar-refractivity contribution < 1.29 is 5.11 Å². The molecule has 3 atom stereocenters. The number of rotatable bonds is 4. The first-order valence-electron chi connectivity index (χ1n) is 8.44. The first kappa shape index (κ1) is 13.8. The van der Waals surface area contributed by atoms with E-state index >= 15 is 0 Å². The van der Waals surface area contributed by atoms with E-state index in [1.165, 1.54) is 64.7 Å². The lowest BCUT2D eigenvalue weighted by Gasteiger charge is -2.44. The van der Waals surface area contributed by atoms with Crippen molar-refractivity contribution in [1.82, 2.24) is 9.80 Å². The number of aliphatic hydroxyl groups is 1. The molecule has 1 saturated heterocycles. The molecule has 3 heteroatoms. The van der Waals surface area contributed by atoms with Crippen LogP contribution < -0.4 is 0 Å². The average molecular weight is 266 g/mol. The molecular formula is C16H30N2O. The standard InChI is InChI=1S/C16H30N2O/c1-2-3-13-4-7-16(19)15(12-13)18-10-8-17(9-11-18)14-5-6-14/h13-16,19H,2-12H2,1H3. The van der Waals surface area contributed by atoms with Crippen LogP contribution in [0.25, 0.3) is 0 Å². The normalized spacial score (nSPS) is 38.5. The summed E-state index contributed by atoms with van der Waals surface area (Å²) in [6.07, 6.45) is 8.92. The van der Waals surface area contributed by atoms with E-state index in [2.05, 4.69) is 16.7 Å². The van der Waals surface area contributed by atoms with Gasteiger partial charge in [0.1, 0.15) is 0 Å². The predicted octanol–water partition coefficient (Wildman–Crippen LogP) is 2.10. The topological polar surface area (TPSA) is 26.7 Å². The summed E-state index contributed by atoms with van der Waals surface area (Å²) in [5.74, 6) is 0.861. The lowest BCUT2D eigenvalue weighted by Crippen LogP contribution is -2.55. The maximum Gasteiger partial charge on any atom is 0.0695 e. The molecule has 0 radical (unpaired) electrons. The van der Waals surface area contributed by atoms with Gasteiger partial charge in [0, 0.05) is 38.3 Å². The zero-order valence-electron chi connectivity index (χ0n) is 12.4. The Morgan fingerprint density at radius 3 is 2.26 bits per heavy atom. The molecule has 3 rings (SSSR count). The minimum atomic E-state index is -0.0689. The van der Waals surface area contributed by atoms with E-state index in [9.17, 15) is 5.11 Å². The maximum absolute atomic E-state index is 10.3. The van der Waals surface area contributed by atoms with Crippen LogP contribution in [-0.2, 0) is 0 Å². The molecule has 3 fully saturated rings. The summed E-state index contributed by atoms with van der Waals surface area (Å²) in [7, 11) is 0. The second-order valence-electron chi connectivity index (χ2n) is 6.91. The van der Waals surface area contributed by atoms with Crippen molar-refractivity contribution in [3.05, 3.63) is 0 Å². The van der Waals surface area contributed by atoms with E-state index in [4.69, 9.17) is 0 Å². The largest absolute Gasteiger partial charge is 0.391 e. The summed E-state index contributed by atoms with van der Waals surface area (Å²) in [5.41, 5.74) is 0. The van der Waals surface area contributed by atoms with Crippen LogP contribution in [0.2, 0.25) is 0 Å². The zero-order valence-corrected chi connectivity index (χ0v) is 12.4. The highest BCUT2D eigenvalue weighted by Gasteiger charge is 2.37. The molecule has 3 unspecified atom stereocenters. The third-order valence-electron chi connectivity index (χ3n) is 5.47. The van der Waals surface area contributed by atoms with Gasteiger partial charge in [-0.05, 0) is 38.0 Å². The summed E-state index contributed by atoms with van der Waals surface area (Å²) in [6, 6.07) is 1.36. The highest BCUT2D eigenvalue weighted by molar-refractivity contribution is 4.92.